The quantitative estimate of drug-likeness (QED) is 0.522. The van der Waals surface area contributed by atoms with Crippen LogP contribution >= 0.6 is 0 Å². The molecule has 0 saturated carbocycles. The highest BCUT2D eigenvalue weighted by atomic mass is 32.2. The molecule has 11 nitrogen and oxygen atoms in total. The van der Waals surface area contributed by atoms with Gasteiger partial charge in [-0.1, -0.05) is 5.21 Å². The number of amides is 1. The molecule has 2 aromatic heterocycles. The lowest BCUT2D eigenvalue weighted by atomic mass is 10.1. The first-order valence-corrected chi connectivity index (χ1v) is 12.3. The van der Waals surface area contributed by atoms with Crippen molar-refractivity contribution in [1.82, 2.24) is 29.9 Å². The molecule has 3 heterocycles. The van der Waals surface area contributed by atoms with E-state index in [9.17, 15) is 22.0 Å². The van der Waals surface area contributed by atoms with Crippen molar-refractivity contribution in [2.45, 2.75) is 43.8 Å². The predicted octanol–water partition coefficient (Wildman–Crippen LogP) is 2.28. The first kappa shape index (κ1) is 23.7. The maximum absolute atomic E-state index is 14.7. The number of carbonyl (C=O) groups is 1. The highest BCUT2D eigenvalue weighted by Crippen LogP contribution is 2.27. The van der Waals surface area contributed by atoms with Gasteiger partial charge >= 0.3 is 6.09 Å². The van der Waals surface area contributed by atoms with E-state index in [0.717, 1.165) is 10.9 Å². The van der Waals surface area contributed by atoms with Gasteiger partial charge in [0.25, 0.3) is 0 Å². The van der Waals surface area contributed by atoms with Crippen molar-refractivity contribution in [3.8, 4) is 11.6 Å². The zero-order chi connectivity index (χ0) is 24.6. The van der Waals surface area contributed by atoms with E-state index in [-0.39, 0.29) is 41.0 Å². The molecule has 1 aliphatic heterocycles. The molecule has 1 saturated heterocycles. The fourth-order valence-electron chi connectivity index (χ4n) is 3.53. The summed E-state index contributed by atoms with van der Waals surface area (Å²) >= 11 is 0. The molecule has 182 valence electrons. The smallest absolute Gasteiger partial charge is 0.410 e. The molecule has 0 atom stereocenters. The number of carbonyl (C=O) groups excluding carboxylic acids is 1. The van der Waals surface area contributed by atoms with Gasteiger partial charge in [0.2, 0.25) is 5.88 Å². The molecule has 0 bridgehead atoms. The average Bonchev–Trinajstić information content (AvgIpc) is 3.19. The van der Waals surface area contributed by atoms with Crippen LogP contribution in [-0.4, -0.2) is 75.9 Å². The fraction of sp³-hybridized carbons (Fsp3) is 0.450. The first-order valence-electron chi connectivity index (χ1n) is 10.4. The molecule has 1 aromatic carbocycles. The van der Waals surface area contributed by atoms with Crippen molar-refractivity contribution in [3.05, 3.63) is 30.1 Å². The predicted molar refractivity (Wildman–Crippen MR) is 114 cm³/mol. The van der Waals surface area contributed by atoms with Gasteiger partial charge in [0.15, 0.2) is 26.8 Å². The van der Waals surface area contributed by atoms with Gasteiger partial charge in [-0.15, -0.1) is 5.10 Å². The van der Waals surface area contributed by atoms with Gasteiger partial charge in [-0.25, -0.2) is 27.0 Å². The maximum Gasteiger partial charge on any atom is 0.410 e. The van der Waals surface area contributed by atoms with E-state index < -0.39 is 26.4 Å². The maximum atomic E-state index is 14.7. The number of aromatic nitrogens is 5. The van der Waals surface area contributed by atoms with Crippen molar-refractivity contribution in [2.24, 2.45) is 0 Å². The monoisotopic (exact) mass is 496 g/mol. The fourth-order valence-corrected chi connectivity index (χ4v) is 4.26. The summed E-state index contributed by atoms with van der Waals surface area (Å²) in [5, 5.41) is 7.78. The van der Waals surface area contributed by atoms with E-state index in [1.165, 1.54) is 6.33 Å². The Labute approximate surface area is 193 Å². The summed E-state index contributed by atoms with van der Waals surface area (Å²) in [6.45, 7) is 4.44. The Morgan fingerprint density at radius 1 is 1.15 bits per heavy atom. The number of rotatable bonds is 5. The van der Waals surface area contributed by atoms with Crippen LogP contribution in [0.5, 0.6) is 5.88 Å². The second kappa shape index (κ2) is 9.08. The van der Waals surface area contributed by atoms with E-state index in [1.807, 2.05) is 0 Å². The van der Waals surface area contributed by atoms with Crippen molar-refractivity contribution in [2.75, 3.05) is 19.3 Å². The number of likely N-dealkylation sites (tertiary alicyclic amines) is 1. The van der Waals surface area contributed by atoms with Crippen molar-refractivity contribution in [1.29, 1.82) is 0 Å². The molecule has 14 heteroatoms. The third-order valence-corrected chi connectivity index (χ3v) is 6.26. The largest absolute Gasteiger partial charge is 0.472 e. The standard InChI is InChI=1S/C20H22F2N6O5S/c1-11(2)32-20(29)27-6-4-12(5-7-27)33-19-17-18(23-10-24-19)28(26-25-17)15-8-14(22)16(9-13(15)21)34(3,30)31/h8-12H,4-7H2,1-3H3. The van der Waals surface area contributed by atoms with Crippen LogP contribution in [0.15, 0.2) is 23.4 Å². The van der Waals surface area contributed by atoms with Gasteiger partial charge in [0.05, 0.1) is 6.10 Å². The molecule has 4 rings (SSSR count). The zero-order valence-electron chi connectivity index (χ0n) is 18.6. The molecule has 1 amide bonds. The van der Waals surface area contributed by atoms with Gasteiger partial charge in [0, 0.05) is 38.3 Å². The van der Waals surface area contributed by atoms with E-state index in [1.54, 1.807) is 18.7 Å². The number of fused-ring (bicyclic) bond motifs is 1. The van der Waals surface area contributed by atoms with Crippen LogP contribution in [0.1, 0.15) is 26.7 Å². The Morgan fingerprint density at radius 3 is 2.50 bits per heavy atom. The molecule has 1 aliphatic rings. The number of piperidine rings is 1. The Bertz CT molecular complexity index is 1340. The van der Waals surface area contributed by atoms with Crippen LogP contribution in [0, 0.1) is 11.6 Å². The van der Waals surface area contributed by atoms with E-state index in [2.05, 4.69) is 20.3 Å². The lowest BCUT2D eigenvalue weighted by molar-refractivity contribution is 0.0510. The summed E-state index contributed by atoms with van der Waals surface area (Å²) in [6.07, 6.45) is 2.15. The van der Waals surface area contributed by atoms with E-state index in [4.69, 9.17) is 9.47 Å². The average molecular weight is 496 g/mol. The summed E-state index contributed by atoms with van der Waals surface area (Å²) in [4.78, 5) is 21.0. The Kier molecular flexibility index (Phi) is 6.34. The third kappa shape index (κ3) is 4.76. The number of ether oxygens (including phenoxy) is 2. The van der Waals surface area contributed by atoms with Gasteiger partial charge in [0.1, 0.15) is 28.8 Å². The van der Waals surface area contributed by atoms with Crippen molar-refractivity contribution < 1.29 is 31.5 Å². The minimum atomic E-state index is -3.96. The second-order valence-corrected chi connectivity index (χ2v) is 10.1. The Hall–Kier alpha value is -3.42. The molecule has 0 N–H and O–H groups in total. The summed E-state index contributed by atoms with van der Waals surface area (Å²) in [5.74, 6) is -2.04. The number of sulfone groups is 1. The van der Waals surface area contributed by atoms with Crippen LogP contribution in [0.2, 0.25) is 0 Å². The van der Waals surface area contributed by atoms with Gasteiger partial charge in [-0.3, -0.25) is 0 Å². The lowest BCUT2D eigenvalue weighted by Crippen LogP contribution is -2.42. The lowest BCUT2D eigenvalue weighted by Gasteiger charge is -2.31. The minimum absolute atomic E-state index is 0.0494. The van der Waals surface area contributed by atoms with E-state index in [0.29, 0.717) is 38.1 Å². The van der Waals surface area contributed by atoms with Crippen molar-refractivity contribution >= 4 is 27.1 Å². The highest BCUT2D eigenvalue weighted by molar-refractivity contribution is 7.90. The van der Waals surface area contributed by atoms with E-state index >= 15 is 0 Å². The molecule has 0 radical (unpaired) electrons. The number of hydrogen-bond donors (Lipinski definition) is 0. The number of hydrogen-bond acceptors (Lipinski definition) is 9. The summed E-state index contributed by atoms with van der Waals surface area (Å²) in [6, 6.07) is 1.30. The number of nitrogens with zero attached hydrogens (tertiary/aromatic N) is 6. The Balaban J connectivity index is 1.56. The highest BCUT2D eigenvalue weighted by Gasteiger charge is 2.27. The number of halogens is 2. The second-order valence-electron chi connectivity index (χ2n) is 8.10. The van der Waals surface area contributed by atoms with Crippen LogP contribution in [0.25, 0.3) is 16.9 Å². The normalized spacial score (nSPS) is 15.2. The molecule has 3 aromatic rings. The summed E-state index contributed by atoms with van der Waals surface area (Å²) in [7, 11) is -3.96. The van der Waals surface area contributed by atoms with Gasteiger partial charge < -0.3 is 14.4 Å². The Morgan fingerprint density at radius 2 is 1.85 bits per heavy atom. The molecule has 34 heavy (non-hydrogen) atoms. The van der Waals surface area contributed by atoms with Crippen LogP contribution in [0.4, 0.5) is 13.6 Å². The molecule has 0 unspecified atom stereocenters. The molecule has 0 spiro atoms. The van der Waals surface area contributed by atoms with Crippen LogP contribution in [0.3, 0.4) is 0 Å². The molecular weight excluding hydrogens is 474 g/mol. The SMILES string of the molecule is CC(C)OC(=O)N1CCC(Oc2ncnc3c2nnn3-c2cc(F)c(S(C)(=O)=O)cc2F)CC1. The summed E-state index contributed by atoms with van der Waals surface area (Å²) in [5.41, 5.74) is -0.196. The van der Waals surface area contributed by atoms with Gasteiger partial charge in [-0.05, 0) is 19.9 Å². The number of benzene rings is 1. The van der Waals surface area contributed by atoms with Crippen molar-refractivity contribution in [3.63, 3.8) is 0 Å². The summed E-state index contributed by atoms with van der Waals surface area (Å²) < 4.78 is 64.4. The van der Waals surface area contributed by atoms with Crippen LogP contribution in [-0.2, 0) is 14.6 Å². The molecule has 1 fully saturated rings. The minimum Gasteiger partial charge on any atom is -0.472 e. The van der Waals surface area contributed by atoms with Crippen LogP contribution < -0.4 is 4.74 Å². The molecular formula is C20H22F2N6O5S. The first-order chi connectivity index (χ1) is 16.0. The van der Waals surface area contributed by atoms with Gasteiger partial charge in [-0.2, -0.15) is 9.67 Å². The topological polar surface area (TPSA) is 129 Å². The third-order valence-electron chi connectivity index (χ3n) is 5.15. The zero-order valence-corrected chi connectivity index (χ0v) is 19.4. The molecule has 0 aliphatic carbocycles.